The van der Waals surface area contributed by atoms with Crippen molar-refractivity contribution in [1.29, 1.82) is 5.26 Å². The zero-order valence-corrected chi connectivity index (χ0v) is 7.26. The maximum absolute atomic E-state index is 11.1. The topological polar surface area (TPSA) is 65.8 Å². The Morgan fingerprint density at radius 3 is 3.17 bits per heavy atom. The fourth-order valence-electron chi connectivity index (χ4n) is 0.557. The molecule has 1 amide bonds. The normalized spacial score (nSPS) is 11.7. The lowest BCUT2D eigenvalue weighted by molar-refractivity contribution is -0.117. The molecule has 0 saturated carbocycles. The highest BCUT2D eigenvalue weighted by Crippen LogP contribution is 2.11. The Bertz CT molecular complexity index is 301. The highest BCUT2D eigenvalue weighted by molar-refractivity contribution is 7.13. The SMILES string of the molecule is CC(C#N)C(=O)Nc1nccs1. The lowest BCUT2D eigenvalue weighted by atomic mass is 10.2. The van der Waals surface area contributed by atoms with E-state index < -0.39 is 5.92 Å². The van der Waals surface area contributed by atoms with Gasteiger partial charge in [0.25, 0.3) is 0 Å². The number of carbonyl (C=O) groups is 1. The molecule has 4 nitrogen and oxygen atoms in total. The predicted octanol–water partition coefficient (Wildman–Crippen LogP) is 1.24. The Balaban J connectivity index is 2.54. The van der Waals surface area contributed by atoms with Crippen molar-refractivity contribution in [2.75, 3.05) is 5.32 Å². The van der Waals surface area contributed by atoms with Gasteiger partial charge >= 0.3 is 0 Å². The van der Waals surface area contributed by atoms with Gasteiger partial charge in [0.1, 0.15) is 5.92 Å². The average molecular weight is 181 g/mol. The molecule has 1 unspecified atom stereocenters. The van der Waals surface area contributed by atoms with E-state index in [1.54, 1.807) is 18.5 Å². The molecule has 12 heavy (non-hydrogen) atoms. The fraction of sp³-hybridized carbons (Fsp3) is 0.286. The summed E-state index contributed by atoms with van der Waals surface area (Å²) in [5.41, 5.74) is 0. The Morgan fingerprint density at radius 2 is 2.67 bits per heavy atom. The maximum Gasteiger partial charge on any atom is 0.243 e. The van der Waals surface area contributed by atoms with Gasteiger partial charge in [-0.1, -0.05) is 0 Å². The van der Waals surface area contributed by atoms with Crippen molar-refractivity contribution >= 4 is 22.4 Å². The van der Waals surface area contributed by atoms with Crippen molar-refractivity contribution in [3.05, 3.63) is 11.6 Å². The summed E-state index contributed by atoms with van der Waals surface area (Å²) in [6.07, 6.45) is 1.59. The Morgan fingerprint density at radius 1 is 1.92 bits per heavy atom. The summed E-state index contributed by atoms with van der Waals surface area (Å²) in [5, 5.41) is 13.2. The molecule has 0 aliphatic heterocycles. The van der Waals surface area contributed by atoms with E-state index >= 15 is 0 Å². The average Bonchev–Trinajstić information content (AvgIpc) is 2.55. The second kappa shape index (κ2) is 3.83. The number of hydrogen-bond acceptors (Lipinski definition) is 4. The van der Waals surface area contributed by atoms with E-state index in [2.05, 4.69) is 10.3 Å². The van der Waals surface area contributed by atoms with Gasteiger partial charge < -0.3 is 5.32 Å². The number of nitrogens with one attached hydrogen (secondary N) is 1. The van der Waals surface area contributed by atoms with Crippen LogP contribution in [0.3, 0.4) is 0 Å². The standard InChI is InChI=1S/C7H7N3OS/c1-5(4-8)6(11)10-7-9-2-3-12-7/h2-3,5H,1H3,(H,9,10,11). The first-order valence-corrected chi connectivity index (χ1v) is 4.22. The van der Waals surface area contributed by atoms with Crippen LogP contribution in [0.15, 0.2) is 11.6 Å². The second-order valence-electron chi connectivity index (χ2n) is 2.18. The molecule has 0 bridgehead atoms. The summed E-state index contributed by atoms with van der Waals surface area (Å²) in [6.45, 7) is 1.54. The molecule has 1 aromatic rings. The van der Waals surface area contributed by atoms with Crippen LogP contribution in [0.2, 0.25) is 0 Å². The Hall–Kier alpha value is -1.41. The van der Waals surface area contributed by atoms with Crippen LogP contribution >= 0.6 is 11.3 Å². The molecule has 5 heteroatoms. The lowest BCUT2D eigenvalue weighted by Crippen LogP contribution is -2.18. The van der Waals surface area contributed by atoms with Crippen LogP contribution < -0.4 is 5.32 Å². The third kappa shape index (κ3) is 2.04. The summed E-state index contributed by atoms with van der Waals surface area (Å²) >= 11 is 1.33. The molecule has 1 aromatic heterocycles. The molecule has 0 aromatic carbocycles. The minimum atomic E-state index is -0.631. The smallest absolute Gasteiger partial charge is 0.243 e. The number of nitrogens with zero attached hydrogens (tertiary/aromatic N) is 2. The molecule has 1 atom stereocenters. The minimum absolute atomic E-state index is 0.313. The van der Waals surface area contributed by atoms with Gasteiger partial charge in [-0.05, 0) is 6.92 Å². The second-order valence-corrected chi connectivity index (χ2v) is 3.07. The van der Waals surface area contributed by atoms with Gasteiger partial charge in [-0.3, -0.25) is 4.79 Å². The summed E-state index contributed by atoms with van der Waals surface area (Å²) in [5.74, 6) is -0.943. The van der Waals surface area contributed by atoms with Crippen molar-refractivity contribution in [2.24, 2.45) is 5.92 Å². The summed E-state index contributed by atoms with van der Waals surface area (Å²) in [7, 11) is 0. The van der Waals surface area contributed by atoms with Crippen molar-refractivity contribution in [3.8, 4) is 6.07 Å². The van der Waals surface area contributed by atoms with Crippen molar-refractivity contribution in [2.45, 2.75) is 6.92 Å². The zero-order chi connectivity index (χ0) is 8.97. The monoisotopic (exact) mass is 181 g/mol. The molecule has 0 aliphatic carbocycles. The van der Waals surface area contributed by atoms with Crippen LogP contribution in [0, 0.1) is 17.2 Å². The van der Waals surface area contributed by atoms with Gasteiger partial charge in [-0.15, -0.1) is 11.3 Å². The minimum Gasteiger partial charge on any atom is -0.301 e. The molecule has 0 fully saturated rings. The number of hydrogen-bond donors (Lipinski definition) is 1. The Kier molecular flexibility index (Phi) is 2.77. The highest BCUT2D eigenvalue weighted by Gasteiger charge is 2.11. The molecule has 1 rings (SSSR count). The molecule has 0 saturated heterocycles. The van der Waals surface area contributed by atoms with Crippen molar-refractivity contribution < 1.29 is 4.79 Å². The van der Waals surface area contributed by atoms with Crippen molar-refractivity contribution in [1.82, 2.24) is 4.98 Å². The third-order valence-electron chi connectivity index (χ3n) is 1.25. The first-order chi connectivity index (χ1) is 5.74. The summed E-state index contributed by atoms with van der Waals surface area (Å²) in [6, 6.07) is 1.84. The van der Waals surface area contributed by atoms with E-state index in [0.717, 1.165) is 0 Å². The Labute approximate surface area is 73.9 Å². The van der Waals surface area contributed by atoms with E-state index in [1.165, 1.54) is 11.3 Å². The fourth-order valence-corrected chi connectivity index (χ4v) is 1.09. The quantitative estimate of drug-likeness (QED) is 0.746. The van der Waals surface area contributed by atoms with E-state index in [-0.39, 0.29) is 5.91 Å². The number of carbonyl (C=O) groups excluding carboxylic acids is 1. The molecule has 62 valence electrons. The molecule has 1 heterocycles. The van der Waals surface area contributed by atoms with Gasteiger partial charge in [-0.2, -0.15) is 5.26 Å². The highest BCUT2D eigenvalue weighted by atomic mass is 32.1. The number of aromatic nitrogens is 1. The number of anilines is 1. The van der Waals surface area contributed by atoms with Gasteiger partial charge in [0, 0.05) is 11.6 Å². The van der Waals surface area contributed by atoms with Crippen LogP contribution in [0.25, 0.3) is 0 Å². The van der Waals surface area contributed by atoms with Gasteiger partial charge in [0.2, 0.25) is 5.91 Å². The maximum atomic E-state index is 11.1. The molecule has 0 radical (unpaired) electrons. The largest absolute Gasteiger partial charge is 0.301 e. The van der Waals surface area contributed by atoms with Crippen LogP contribution in [0.4, 0.5) is 5.13 Å². The molecule has 0 aliphatic rings. The van der Waals surface area contributed by atoms with E-state index in [1.807, 2.05) is 6.07 Å². The van der Waals surface area contributed by atoms with E-state index in [0.29, 0.717) is 5.13 Å². The first kappa shape index (κ1) is 8.68. The molecular formula is C7H7N3OS. The van der Waals surface area contributed by atoms with Gasteiger partial charge in [0.15, 0.2) is 5.13 Å². The number of amides is 1. The third-order valence-corrected chi connectivity index (χ3v) is 1.94. The molecule has 0 spiro atoms. The van der Waals surface area contributed by atoms with Crippen LogP contribution in [0.5, 0.6) is 0 Å². The number of rotatable bonds is 2. The van der Waals surface area contributed by atoms with Crippen molar-refractivity contribution in [3.63, 3.8) is 0 Å². The predicted molar refractivity (Wildman–Crippen MR) is 45.5 cm³/mol. The van der Waals surface area contributed by atoms with Crippen LogP contribution in [-0.2, 0) is 4.79 Å². The molecular weight excluding hydrogens is 174 g/mol. The number of thiazole rings is 1. The van der Waals surface area contributed by atoms with E-state index in [9.17, 15) is 4.79 Å². The van der Waals surface area contributed by atoms with Crippen LogP contribution in [0.1, 0.15) is 6.92 Å². The van der Waals surface area contributed by atoms with E-state index in [4.69, 9.17) is 5.26 Å². The van der Waals surface area contributed by atoms with Gasteiger partial charge in [-0.25, -0.2) is 4.98 Å². The van der Waals surface area contributed by atoms with Crippen LogP contribution in [-0.4, -0.2) is 10.9 Å². The number of nitriles is 1. The first-order valence-electron chi connectivity index (χ1n) is 3.34. The summed E-state index contributed by atoms with van der Waals surface area (Å²) in [4.78, 5) is 14.9. The lowest BCUT2D eigenvalue weighted by Gasteiger charge is -2.00. The zero-order valence-electron chi connectivity index (χ0n) is 6.44. The summed E-state index contributed by atoms with van der Waals surface area (Å²) < 4.78 is 0. The van der Waals surface area contributed by atoms with Gasteiger partial charge in [0.05, 0.1) is 6.07 Å². The molecule has 1 N–H and O–H groups in total.